The molecule has 0 N–H and O–H groups in total. The average molecular weight is 253 g/mol. The second-order valence-corrected chi connectivity index (χ2v) is 5.19. The first-order valence-electron chi connectivity index (χ1n) is 7.58. The van der Waals surface area contributed by atoms with Gasteiger partial charge < -0.3 is 4.90 Å². The van der Waals surface area contributed by atoms with Crippen LogP contribution in [0.1, 0.15) is 72.1 Å². The lowest BCUT2D eigenvalue weighted by molar-refractivity contribution is -0.127. The Bertz CT molecular complexity index is 223. The van der Waals surface area contributed by atoms with E-state index in [0.717, 1.165) is 25.9 Å². The lowest BCUT2D eigenvalue weighted by Gasteiger charge is -2.23. The Morgan fingerprint density at radius 2 is 1.33 bits per heavy atom. The molecule has 0 aromatic heterocycles. The smallest absolute Gasteiger partial charge is 0.248 e. The number of amides is 1. The van der Waals surface area contributed by atoms with Gasteiger partial charge in [0.05, 0.1) is 0 Å². The minimum absolute atomic E-state index is 0.142. The van der Waals surface area contributed by atoms with Gasteiger partial charge in [-0.1, -0.05) is 59.0 Å². The minimum Gasteiger partial charge on any atom is -0.339 e. The number of carbonyl (C=O) groups excluding carboxylic acids is 1. The number of unbranched alkanes of at least 4 members (excludes halogenated alkanes) is 6. The van der Waals surface area contributed by atoms with Crippen LogP contribution in [-0.2, 0) is 4.79 Å². The van der Waals surface area contributed by atoms with Crippen molar-refractivity contribution in [2.24, 2.45) is 0 Å². The first kappa shape index (κ1) is 17.2. The molecule has 0 aliphatic carbocycles. The molecule has 18 heavy (non-hydrogen) atoms. The lowest BCUT2D eigenvalue weighted by Crippen LogP contribution is -2.33. The molecule has 0 aromatic rings. The molecule has 0 unspecified atom stereocenters. The highest BCUT2D eigenvalue weighted by Crippen LogP contribution is 2.08. The van der Waals surface area contributed by atoms with E-state index in [9.17, 15) is 4.79 Å². The fraction of sp³-hybridized carbons (Fsp3) is 0.812. The van der Waals surface area contributed by atoms with Crippen LogP contribution in [0.15, 0.2) is 12.2 Å². The predicted octanol–water partition coefficient (Wildman–Crippen LogP) is 4.55. The molecule has 0 heterocycles. The van der Waals surface area contributed by atoms with E-state index >= 15 is 0 Å². The van der Waals surface area contributed by atoms with Crippen LogP contribution < -0.4 is 0 Å². The van der Waals surface area contributed by atoms with Crippen LogP contribution in [0, 0.1) is 0 Å². The Hall–Kier alpha value is -0.790. The molecule has 0 aliphatic rings. The van der Waals surface area contributed by atoms with Crippen molar-refractivity contribution < 1.29 is 4.79 Å². The summed E-state index contributed by atoms with van der Waals surface area (Å²) in [6, 6.07) is 0. The Morgan fingerprint density at radius 3 is 1.67 bits per heavy atom. The van der Waals surface area contributed by atoms with Crippen LogP contribution in [0.25, 0.3) is 0 Å². The highest BCUT2D eigenvalue weighted by molar-refractivity contribution is 5.92. The van der Waals surface area contributed by atoms with Crippen molar-refractivity contribution in [2.45, 2.75) is 72.1 Å². The Balaban J connectivity index is 4.00. The first-order valence-corrected chi connectivity index (χ1v) is 7.58. The summed E-state index contributed by atoms with van der Waals surface area (Å²) in [5, 5.41) is 0. The number of hydrogen-bond donors (Lipinski definition) is 0. The van der Waals surface area contributed by atoms with Gasteiger partial charge in [-0.2, -0.15) is 0 Å². The van der Waals surface area contributed by atoms with Crippen molar-refractivity contribution in [1.29, 1.82) is 0 Å². The topological polar surface area (TPSA) is 20.3 Å². The minimum atomic E-state index is 0.142. The van der Waals surface area contributed by atoms with E-state index in [0.29, 0.717) is 5.57 Å². The molecule has 0 spiro atoms. The van der Waals surface area contributed by atoms with Gasteiger partial charge >= 0.3 is 0 Å². The number of carbonyl (C=O) groups is 1. The maximum Gasteiger partial charge on any atom is 0.248 e. The van der Waals surface area contributed by atoms with Gasteiger partial charge in [0.15, 0.2) is 0 Å². The summed E-state index contributed by atoms with van der Waals surface area (Å²) in [5.74, 6) is 0.142. The largest absolute Gasteiger partial charge is 0.339 e. The van der Waals surface area contributed by atoms with Crippen LogP contribution in [-0.4, -0.2) is 23.9 Å². The highest BCUT2D eigenvalue weighted by atomic mass is 16.2. The lowest BCUT2D eigenvalue weighted by atomic mass is 10.1. The maximum absolute atomic E-state index is 12.0. The van der Waals surface area contributed by atoms with Gasteiger partial charge in [-0.25, -0.2) is 0 Å². The van der Waals surface area contributed by atoms with E-state index in [-0.39, 0.29) is 5.91 Å². The quantitative estimate of drug-likeness (QED) is 0.391. The Kier molecular flexibility index (Phi) is 10.8. The third kappa shape index (κ3) is 8.32. The average Bonchev–Trinajstić information content (AvgIpc) is 2.36. The molecule has 0 aromatic carbocycles. The zero-order valence-electron chi connectivity index (χ0n) is 12.6. The Morgan fingerprint density at radius 1 is 0.889 bits per heavy atom. The van der Waals surface area contributed by atoms with Gasteiger partial charge in [0, 0.05) is 18.7 Å². The van der Waals surface area contributed by atoms with Crippen molar-refractivity contribution in [2.75, 3.05) is 13.1 Å². The molecular formula is C16H31NO. The van der Waals surface area contributed by atoms with Gasteiger partial charge in [0.1, 0.15) is 0 Å². The molecule has 0 bridgehead atoms. The number of nitrogens with zero attached hydrogens (tertiary/aromatic N) is 1. The van der Waals surface area contributed by atoms with E-state index in [1.807, 2.05) is 11.8 Å². The summed E-state index contributed by atoms with van der Waals surface area (Å²) < 4.78 is 0. The molecule has 0 atom stereocenters. The molecule has 1 amide bonds. The van der Waals surface area contributed by atoms with Gasteiger partial charge in [-0.15, -0.1) is 0 Å². The molecule has 2 nitrogen and oxygen atoms in total. The van der Waals surface area contributed by atoms with Gasteiger partial charge in [0.25, 0.3) is 0 Å². The second kappa shape index (κ2) is 11.3. The zero-order chi connectivity index (χ0) is 13.8. The van der Waals surface area contributed by atoms with Crippen molar-refractivity contribution in [1.82, 2.24) is 4.90 Å². The fourth-order valence-corrected chi connectivity index (χ4v) is 2.04. The second-order valence-electron chi connectivity index (χ2n) is 5.19. The molecule has 106 valence electrons. The van der Waals surface area contributed by atoms with E-state index in [1.54, 1.807) is 0 Å². The van der Waals surface area contributed by atoms with Crippen molar-refractivity contribution in [3.63, 3.8) is 0 Å². The molecule has 2 heteroatoms. The van der Waals surface area contributed by atoms with E-state index in [4.69, 9.17) is 0 Å². The van der Waals surface area contributed by atoms with Crippen LogP contribution in [0.5, 0.6) is 0 Å². The SMILES string of the molecule is C=C(C)C(=O)N(CCCCCC)CCCCCC. The van der Waals surface area contributed by atoms with Crippen molar-refractivity contribution >= 4 is 5.91 Å². The van der Waals surface area contributed by atoms with Crippen LogP contribution in [0.3, 0.4) is 0 Å². The van der Waals surface area contributed by atoms with Crippen LogP contribution >= 0.6 is 0 Å². The molecule has 0 saturated heterocycles. The van der Waals surface area contributed by atoms with Crippen molar-refractivity contribution in [3.05, 3.63) is 12.2 Å². The summed E-state index contributed by atoms with van der Waals surface area (Å²) in [6.07, 6.45) is 9.73. The third-order valence-corrected chi connectivity index (χ3v) is 3.22. The summed E-state index contributed by atoms with van der Waals surface area (Å²) >= 11 is 0. The Labute approximate surface area is 113 Å². The summed E-state index contributed by atoms with van der Waals surface area (Å²) in [7, 11) is 0. The standard InChI is InChI=1S/C16H31NO/c1-5-7-9-11-13-17(16(18)15(3)4)14-12-10-8-6-2/h3,5-14H2,1-2,4H3. The van der Waals surface area contributed by atoms with Crippen LogP contribution in [0.2, 0.25) is 0 Å². The monoisotopic (exact) mass is 253 g/mol. The molecular weight excluding hydrogens is 222 g/mol. The van der Waals surface area contributed by atoms with E-state index in [1.165, 1.54) is 38.5 Å². The van der Waals surface area contributed by atoms with Crippen molar-refractivity contribution in [3.8, 4) is 0 Å². The number of hydrogen-bond acceptors (Lipinski definition) is 1. The fourth-order valence-electron chi connectivity index (χ4n) is 2.04. The first-order chi connectivity index (χ1) is 8.63. The third-order valence-electron chi connectivity index (χ3n) is 3.22. The van der Waals surface area contributed by atoms with E-state index in [2.05, 4.69) is 20.4 Å². The summed E-state index contributed by atoms with van der Waals surface area (Å²) in [4.78, 5) is 14.0. The summed E-state index contributed by atoms with van der Waals surface area (Å²) in [5.41, 5.74) is 0.668. The number of rotatable bonds is 11. The molecule has 0 aliphatic heterocycles. The predicted molar refractivity (Wildman–Crippen MR) is 79.7 cm³/mol. The zero-order valence-corrected chi connectivity index (χ0v) is 12.6. The van der Waals surface area contributed by atoms with E-state index < -0.39 is 0 Å². The summed E-state index contributed by atoms with van der Waals surface area (Å²) in [6.45, 7) is 11.8. The van der Waals surface area contributed by atoms with Gasteiger partial charge in [-0.05, 0) is 19.8 Å². The molecule has 0 rings (SSSR count). The molecule has 0 saturated carbocycles. The maximum atomic E-state index is 12.0. The molecule has 0 radical (unpaired) electrons. The van der Waals surface area contributed by atoms with Crippen LogP contribution in [0.4, 0.5) is 0 Å². The van der Waals surface area contributed by atoms with Gasteiger partial charge in [0.2, 0.25) is 5.91 Å². The normalized spacial score (nSPS) is 10.4. The molecule has 0 fully saturated rings. The van der Waals surface area contributed by atoms with Gasteiger partial charge in [-0.3, -0.25) is 4.79 Å². The highest BCUT2D eigenvalue weighted by Gasteiger charge is 2.12.